The number of amides is 1. The summed E-state index contributed by atoms with van der Waals surface area (Å²) in [6, 6.07) is 1.78. The smallest absolute Gasteiger partial charge is 0.329 e. The molecule has 1 amide bonds. The third-order valence-corrected chi connectivity index (χ3v) is 3.41. The van der Waals surface area contributed by atoms with Crippen LogP contribution in [0.4, 0.5) is 0 Å². The summed E-state index contributed by atoms with van der Waals surface area (Å²) < 4.78 is 1.49. The van der Waals surface area contributed by atoms with E-state index < -0.39 is 17.4 Å². The molecule has 0 atom stereocenters. The summed E-state index contributed by atoms with van der Waals surface area (Å²) >= 11 is 0. The Kier molecular flexibility index (Phi) is 3.21. The Morgan fingerprint density at radius 3 is 2.65 bits per heavy atom. The summed E-state index contributed by atoms with van der Waals surface area (Å²) in [5, 5.41) is 13.2. The highest BCUT2D eigenvalue weighted by atomic mass is 16.4. The molecule has 0 aromatic carbocycles. The lowest BCUT2D eigenvalue weighted by Crippen LogP contribution is -2.50. The molecule has 0 unspecified atom stereocenters. The number of hydrogen-bond donors (Lipinski definition) is 1. The van der Waals surface area contributed by atoms with E-state index in [0.717, 1.165) is 5.69 Å². The molecule has 106 valence electrons. The van der Waals surface area contributed by atoms with Crippen molar-refractivity contribution >= 4 is 17.5 Å². The maximum atomic E-state index is 12.5. The van der Waals surface area contributed by atoms with Gasteiger partial charge in [0.05, 0.1) is 6.20 Å². The molecule has 2 aromatic heterocycles. The first-order valence-electron chi connectivity index (χ1n) is 6.07. The first kappa shape index (κ1) is 14.0. The summed E-state index contributed by atoms with van der Waals surface area (Å²) in [6.45, 7) is 4.75. The fourth-order valence-corrected chi connectivity index (χ4v) is 1.69. The Morgan fingerprint density at radius 1 is 1.40 bits per heavy atom. The number of rotatable bonds is 3. The van der Waals surface area contributed by atoms with Crippen molar-refractivity contribution in [3.8, 4) is 0 Å². The number of nitrogens with zero attached hydrogens (tertiary/aromatic N) is 4. The summed E-state index contributed by atoms with van der Waals surface area (Å²) in [7, 11) is 1.45. The molecule has 0 aliphatic carbocycles. The van der Waals surface area contributed by atoms with Gasteiger partial charge in [0.1, 0.15) is 11.1 Å². The van der Waals surface area contributed by atoms with Gasteiger partial charge in [0.15, 0.2) is 5.65 Å². The first-order valence-corrected chi connectivity index (χ1v) is 6.07. The number of carbonyl (C=O) groups excluding carboxylic acids is 1. The minimum atomic E-state index is -1.31. The molecule has 2 rings (SSSR count). The molecular weight excluding hydrogens is 260 g/mol. The number of aryl methyl sites for hydroxylation is 1. The second-order valence-corrected chi connectivity index (χ2v) is 5.12. The monoisotopic (exact) mass is 276 g/mol. The van der Waals surface area contributed by atoms with Crippen LogP contribution >= 0.6 is 0 Å². The number of carboxylic acids is 1. The van der Waals surface area contributed by atoms with Gasteiger partial charge in [-0.3, -0.25) is 4.79 Å². The van der Waals surface area contributed by atoms with Crippen molar-refractivity contribution in [3.63, 3.8) is 0 Å². The van der Waals surface area contributed by atoms with Crippen LogP contribution in [0.2, 0.25) is 0 Å². The maximum Gasteiger partial charge on any atom is 0.329 e. The van der Waals surface area contributed by atoms with Crippen molar-refractivity contribution < 1.29 is 14.7 Å². The molecule has 0 aliphatic rings. The molecule has 7 nitrogen and oxygen atoms in total. The highest BCUT2D eigenvalue weighted by molar-refractivity contribution is 6.01. The van der Waals surface area contributed by atoms with Gasteiger partial charge in [0.2, 0.25) is 0 Å². The first-order chi connectivity index (χ1) is 9.25. The van der Waals surface area contributed by atoms with Crippen LogP contribution in [0.15, 0.2) is 18.5 Å². The lowest BCUT2D eigenvalue weighted by atomic mass is 10.0. The Morgan fingerprint density at radius 2 is 2.05 bits per heavy atom. The molecule has 0 saturated carbocycles. The molecule has 0 radical (unpaired) electrons. The van der Waals surface area contributed by atoms with Gasteiger partial charge in [-0.25, -0.2) is 14.3 Å². The maximum absolute atomic E-state index is 12.5. The zero-order valence-electron chi connectivity index (χ0n) is 11.8. The average molecular weight is 276 g/mol. The second-order valence-electron chi connectivity index (χ2n) is 5.12. The highest BCUT2D eigenvalue weighted by Crippen LogP contribution is 2.18. The highest BCUT2D eigenvalue weighted by Gasteiger charge is 2.36. The number of hydrogen-bond acceptors (Lipinski definition) is 4. The molecule has 0 aliphatic heterocycles. The Hall–Kier alpha value is -2.44. The Labute approximate surface area is 115 Å². The third kappa shape index (κ3) is 2.11. The fourth-order valence-electron chi connectivity index (χ4n) is 1.69. The van der Waals surface area contributed by atoms with E-state index in [0.29, 0.717) is 5.65 Å². The number of fused-ring (bicyclic) bond motifs is 1. The van der Waals surface area contributed by atoms with Gasteiger partial charge in [-0.1, -0.05) is 0 Å². The molecule has 7 heteroatoms. The zero-order chi connectivity index (χ0) is 15.1. The predicted molar refractivity (Wildman–Crippen MR) is 71.5 cm³/mol. The lowest BCUT2D eigenvalue weighted by molar-refractivity contribution is -0.147. The molecule has 1 N–H and O–H groups in total. The van der Waals surface area contributed by atoms with E-state index in [9.17, 15) is 14.7 Å². The lowest BCUT2D eigenvalue weighted by Gasteiger charge is -2.31. The summed E-state index contributed by atoms with van der Waals surface area (Å²) in [5.41, 5.74) is 0.149. The Balaban J connectivity index is 2.46. The summed E-state index contributed by atoms with van der Waals surface area (Å²) in [5.74, 6) is -1.50. The van der Waals surface area contributed by atoms with Crippen molar-refractivity contribution in [2.24, 2.45) is 0 Å². The molecule has 20 heavy (non-hydrogen) atoms. The number of likely N-dealkylation sites (N-methyl/N-ethyl adjacent to an activating group) is 1. The van der Waals surface area contributed by atoms with Crippen LogP contribution in [-0.2, 0) is 4.79 Å². The van der Waals surface area contributed by atoms with Crippen LogP contribution in [0, 0.1) is 6.92 Å². The predicted octanol–water partition coefficient (Wildman–Crippen LogP) is 0.973. The van der Waals surface area contributed by atoms with Crippen molar-refractivity contribution in [1.29, 1.82) is 0 Å². The normalized spacial score (nSPS) is 11.6. The van der Waals surface area contributed by atoms with Crippen molar-refractivity contribution in [3.05, 3.63) is 29.7 Å². The molecule has 2 aromatic rings. The van der Waals surface area contributed by atoms with Crippen LogP contribution in [-0.4, -0.2) is 49.1 Å². The molecule has 0 saturated heterocycles. The van der Waals surface area contributed by atoms with Gasteiger partial charge in [0, 0.05) is 18.9 Å². The minimum absolute atomic E-state index is 0.283. The standard InChI is InChI=1S/C13H16N4O3/c1-8-5-6-17-10(15-8)9(7-14-17)11(18)16(4)13(2,3)12(19)20/h5-7H,1-4H3,(H,19,20). The van der Waals surface area contributed by atoms with E-state index in [2.05, 4.69) is 10.1 Å². The van der Waals surface area contributed by atoms with Crippen molar-refractivity contribution in [1.82, 2.24) is 19.5 Å². The van der Waals surface area contributed by atoms with Gasteiger partial charge in [0.25, 0.3) is 5.91 Å². The van der Waals surface area contributed by atoms with Crippen LogP contribution in [0.1, 0.15) is 29.9 Å². The van der Waals surface area contributed by atoms with Crippen LogP contribution in [0.5, 0.6) is 0 Å². The zero-order valence-corrected chi connectivity index (χ0v) is 11.8. The fraction of sp³-hybridized carbons (Fsp3) is 0.385. The molecule has 2 heterocycles. The second kappa shape index (κ2) is 4.59. The van der Waals surface area contributed by atoms with Gasteiger partial charge >= 0.3 is 5.97 Å². The van der Waals surface area contributed by atoms with E-state index in [1.54, 1.807) is 12.3 Å². The van der Waals surface area contributed by atoms with Crippen molar-refractivity contribution in [2.75, 3.05) is 7.05 Å². The average Bonchev–Trinajstić information content (AvgIpc) is 2.79. The van der Waals surface area contributed by atoms with Crippen LogP contribution < -0.4 is 0 Å². The van der Waals surface area contributed by atoms with Crippen molar-refractivity contribution in [2.45, 2.75) is 26.3 Å². The summed E-state index contributed by atoms with van der Waals surface area (Å²) in [6.07, 6.45) is 3.11. The largest absolute Gasteiger partial charge is 0.480 e. The molecular formula is C13H16N4O3. The molecule has 0 bridgehead atoms. The molecule has 0 fully saturated rings. The number of carbonyl (C=O) groups is 2. The van der Waals surface area contributed by atoms with Crippen LogP contribution in [0.3, 0.4) is 0 Å². The minimum Gasteiger partial charge on any atom is -0.480 e. The quantitative estimate of drug-likeness (QED) is 0.902. The van der Waals surface area contributed by atoms with E-state index in [-0.39, 0.29) is 5.56 Å². The van der Waals surface area contributed by atoms with Gasteiger partial charge in [-0.05, 0) is 26.8 Å². The van der Waals surface area contributed by atoms with E-state index >= 15 is 0 Å². The van der Waals surface area contributed by atoms with E-state index in [1.165, 1.54) is 36.5 Å². The van der Waals surface area contributed by atoms with Gasteiger partial charge in [-0.2, -0.15) is 5.10 Å². The third-order valence-electron chi connectivity index (χ3n) is 3.41. The SMILES string of the molecule is Cc1ccn2ncc(C(=O)N(C)C(C)(C)C(=O)O)c2n1. The number of aromatic nitrogens is 3. The van der Waals surface area contributed by atoms with E-state index in [4.69, 9.17) is 0 Å². The Bertz CT molecular complexity index is 690. The van der Waals surface area contributed by atoms with Crippen LogP contribution in [0.25, 0.3) is 5.65 Å². The van der Waals surface area contributed by atoms with Gasteiger partial charge < -0.3 is 10.0 Å². The number of aliphatic carboxylic acids is 1. The summed E-state index contributed by atoms with van der Waals surface area (Å²) in [4.78, 5) is 29.1. The van der Waals surface area contributed by atoms with Gasteiger partial charge in [-0.15, -0.1) is 0 Å². The molecule has 0 spiro atoms. The topological polar surface area (TPSA) is 87.8 Å². The number of carboxylic acid groups (broad SMARTS) is 1. The van der Waals surface area contributed by atoms with E-state index in [1.807, 2.05) is 6.92 Å².